The molecule has 0 saturated carbocycles. The van der Waals surface area contributed by atoms with Gasteiger partial charge in [0.25, 0.3) is 0 Å². The van der Waals surface area contributed by atoms with E-state index in [1.807, 2.05) is 29.3 Å². The van der Waals surface area contributed by atoms with E-state index in [-0.39, 0.29) is 24.3 Å². The van der Waals surface area contributed by atoms with Crippen molar-refractivity contribution in [2.75, 3.05) is 32.8 Å². The zero-order valence-corrected chi connectivity index (χ0v) is 11.7. The number of hydrogen-bond donors (Lipinski definition) is 1. The van der Waals surface area contributed by atoms with E-state index in [1.165, 1.54) is 11.3 Å². The first-order chi connectivity index (χ1) is 9.22. The number of Topliss-reactive ketones (excluding diaryl/α,β-unsaturated/α-hetero) is 1. The minimum atomic E-state index is -0.363. The van der Waals surface area contributed by atoms with Crippen LogP contribution in [0.25, 0.3) is 0 Å². The van der Waals surface area contributed by atoms with Gasteiger partial charge < -0.3 is 10.1 Å². The quantitative estimate of drug-likeness (QED) is 0.810. The number of likely N-dealkylation sites (N-methyl/N-ethyl adjacent to an activating group) is 1. The molecule has 1 unspecified atom stereocenters. The van der Waals surface area contributed by atoms with Crippen molar-refractivity contribution in [3.05, 3.63) is 22.4 Å². The van der Waals surface area contributed by atoms with Gasteiger partial charge in [0.15, 0.2) is 5.78 Å². The Kier molecular flexibility index (Phi) is 5.07. The van der Waals surface area contributed by atoms with Crippen molar-refractivity contribution < 1.29 is 14.3 Å². The van der Waals surface area contributed by atoms with Crippen LogP contribution in [-0.2, 0) is 9.53 Å². The molecule has 2 heterocycles. The molecule has 1 aliphatic rings. The summed E-state index contributed by atoms with van der Waals surface area (Å²) in [6.07, 6.45) is 0. The van der Waals surface area contributed by atoms with Gasteiger partial charge in [-0.2, -0.15) is 0 Å². The van der Waals surface area contributed by atoms with Crippen molar-refractivity contribution in [1.82, 2.24) is 10.2 Å². The van der Waals surface area contributed by atoms with Crippen molar-refractivity contribution in [1.29, 1.82) is 0 Å². The number of amides is 1. The number of carbonyl (C=O) groups is 2. The van der Waals surface area contributed by atoms with Gasteiger partial charge in [-0.3, -0.25) is 14.5 Å². The molecule has 0 bridgehead atoms. The van der Waals surface area contributed by atoms with Crippen LogP contribution in [0.3, 0.4) is 0 Å². The van der Waals surface area contributed by atoms with E-state index >= 15 is 0 Å². The molecule has 1 atom stereocenters. The van der Waals surface area contributed by atoms with Gasteiger partial charge in [-0.1, -0.05) is 6.07 Å². The molecule has 6 heteroatoms. The van der Waals surface area contributed by atoms with Gasteiger partial charge in [0.05, 0.1) is 24.6 Å². The first-order valence-corrected chi connectivity index (χ1v) is 7.26. The number of carbonyl (C=O) groups excluding carboxylic acids is 2. The van der Waals surface area contributed by atoms with Crippen molar-refractivity contribution in [2.45, 2.75) is 13.0 Å². The first-order valence-electron chi connectivity index (χ1n) is 6.38. The van der Waals surface area contributed by atoms with E-state index in [4.69, 9.17) is 4.74 Å². The molecular weight excluding hydrogens is 264 g/mol. The predicted octanol–water partition coefficient (Wildman–Crippen LogP) is 0.768. The number of ether oxygens (including phenoxy) is 1. The van der Waals surface area contributed by atoms with Gasteiger partial charge in [0, 0.05) is 13.1 Å². The van der Waals surface area contributed by atoms with Gasteiger partial charge in [0.2, 0.25) is 5.91 Å². The number of nitrogens with zero attached hydrogens (tertiary/aromatic N) is 1. The SMILES string of the molecule is CCNC(=O)C1COCCN1CC(=O)c1cccs1. The van der Waals surface area contributed by atoms with Crippen molar-refractivity contribution in [2.24, 2.45) is 0 Å². The van der Waals surface area contributed by atoms with Gasteiger partial charge in [-0.15, -0.1) is 11.3 Å². The summed E-state index contributed by atoms with van der Waals surface area (Å²) in [5, 5.41) is 4.67. The third kappa shape index (κ3) is 3.62. The number of morpholine rings is 1. The van der Waals surface area contributed by atoms with Gasteiger partial charge in [-0.05, 0) is 18.4 Å². The maximum atomic E-state index is 12.1. The Labute approximate surface area is 116 Å². The Morgan fingerprint density at radius 2 is 2.42 bits per heavy atom. The highest BCUT2D eigenvalue weighted by atomic mass is 32.1. The topological polar surface area (TPSA) is 58.6 Å². The monoisotopic (exact) mass is 282 g/mol. The van der Waals surface area contributed by atoms with Crippen LogP contribution in [0.2, 0.25) is 0 Å². The molecular formula is C13H18N2O3S. The fourth-order valence-electron chi connectivity index (χ4n) is 2.06. The maximum absolute atomic E-state index is 12.1. The summed E-state index contributed by atoms with van der Waals surface area (Å²) in [4.78, 5) is 26.7. The third-order valence-electron chi connectivity index (χ3n) is 3.04. The van der Waals surface area contributed by atoms with E-state index < -0.39 is 0 Å². The molecule has 19 heavy (non-hydrogen) atoms. The number of rotatable bonds is 5. The molecule has 2 rings (SSSR count). The minimum absolute atomic E-state index is 0.0613. The lowest BCUT2D eigenvalue weighted by atomic mass is 10.2. The molecule has 1 aromatic rings. The molecule has 0 radical (unpaired) electrons. The van der Waals surface area contributed by atoms with E-state index in [0.29, 0.717) is 26.3 Å². The van der Waals surface area contributed by atoms with Crippen LogP contribution in [0.5, 0.6) is 0 Å². The Morgan fingerprint density at radius 1 is 1.58 bits per heavy atom. The largest absolute Gasteiger partial charge is 0.378 e. The molecule has 0 aliphatic carbocycles. The Hall–Kier alpha value is -1.24. The second kappa shape index (κ2) is 6.79. The number of hydrogen-bond acceptors (Lipinski definition) is 5. The molecule has 1 aromatic heterocycles. The molecule has 5 nitrogen and oxygen atoms in total. The summed E-state index contributed by atoms with van der Waals surface area (Å²) in [6.45, 7) is 4.26. The third-order valence-corrected chi connectivity index (χ3v) is 3.95. The lowest BCUT2D eigenvalue weighted by Crippen LogP contribution is -2.55. The number of nitrogens with one attached hydrogen (secondary N) is 1. The molecule has 1 saturated heterocycles. The Bertz CT molecular complexity index is 433. The predicted molar refractivity (Wildman–Crippen MR) is 73.5 cm³/mol. The van der Waals surface area contributed by atoms with E-state index in [0.717, 1.165) is 4.88 Å². The second-order valence-corrected chi connectivity index (χ2v) is 5.30. The van der Waals surface area contributed by atoms with Crippen LogP contribution >= 0.6 is 11.3 Å². The second-order valence-electron chi connectivity index (χ2n) is 4.36. The standard InChI is InChI=1S/C13H18N2O3S/c1-2-14-13(17)10-9-18-6-5-15(10)8-11(16)12-4-3-7-19-12/h3-4,7,10H,2,5-6,8-9H2,1H3,(H,14,17). The number of thiophene rings is 1. The summed E-state index contributed by atoms with van der Waals surface area (Å²) in [5.74, 6) is -0.00706. The summed E-state index contributed by atoms with van der Waals surface area (Å²) < 4.78 is 5.34. The van der Waals surface area contributed by atoms with Crippen molar-refractivity contribution >= 4 is 23.0 Å². The van der Waals surface area contributed by atoms with Crippen molar-refractivity contribution in [3.63, 3.8) is 0 Å². The average molecular weight is 282 g/mol. The first kappa shape index (κ1) is 14.2. The van der Waals surface area contributed by atoms with Crippen LogP contribution in [0.1, 0.15) is 16.6 Å². The Balaban J connectivity index is 1.99. The van der Waals surface area contributed by atoms with E-state index in [2.05, 4.69) is 5.32 Å². The maximum Gasteiger partial charge on any atom is 0.239 e. The van der Waals surface area contributed by atoms with Crippen LogP contribution < -0.4 is 5.32 Å². The molecule has 104 valence electrons. The fourth-order valence-corrected chi connectivity index (χ4v) is 2.72. The highest BCUT2D eigenvalue weighted by Crippen LogP contribution is 2.13. The Morgan fingerprint density at radius 3 is 3.11 bits per heavy atom. The molecule has 1 aliphatic heterocycles. The lowest BCUT2D eigenvalue weighted by molar-refractivity contribution is -0.131. The molecule has 0 spiro atoms. The highest BCUT2D eigenvalue weighted by Gasteiger charge is 2.30. The zero-order valence-electron chi connectivity index (χ0n) is 10.9. The number of ketones is 1. The molecule has 0 aromatic carbocycles. The van der Waals surface area contributed by atoms with Gasteiger partial charge in [0.1, 0.15) is 6.04 Å². The fraction of sp³-hybridized carbons (Fsp3) is 0.538. The van der Waals surface area contributed by atoms with E-state index in [1.54, 1.807) is 0 Å². The highest BCUT2D eigenvalue weighted by molar-refractivity contribution is 7.12. The molecule has 1 N–H and O–H groups in total. The summed E-state index contributed by atoms with van der Waals surface area (Å²) in [5.41, 5.74) is 0. The molecule has 1 amide bonds. The smallest absolute Gasteiger partial charge is 0.239 e. The zero-order chi connectivity index (χ0) is 13.7. The summed E-state index contributed by atoms with van der Waals surface area (Å²) in [7, 11) is 0. The van der Waals surface area contributed by atoms with Crippen LogP contribution in [0.15, 0.2) is 17.5 Å². The minimum Gasteiger partial charge on any atom is -0.378 e. The van der Waals surface area contributed by atoms with Crippen molar-refractivity contribution in [3.8, 4) is 0 Å². The summed E-state index contributed by atoms with van der Waals surface area (Å²) in [6, 6.07) is 3.31. The average Bonchev–Trinajstić information content (AvgIpc) is 2.93. The summed E-state index contributed by atoms with van der Waals surface area (Å²) >= 11 is 1.43. The van der Waals surface area contributed by atoms with Crippen LogP contribution in [0.4, 0.5) is 0 Å². The normalized spacial score (nSPS) is 20.2. The van der Waals surface area contributed by atoms with Gasteiger partial charge >= 0.3 is 0 Å². The van der Waals surface area contributed by atoms with Gasteiger partial charge in [-0.25, -0.2) is 0 Å². The lowest BCUT2D eigenvalue weighted by Gasteiger charge is -2.33. The molecule has 1 fully saturated rings. The van der Waals surface area contributed by atoms with E-state index in [9.17, 15) is 9.59 Å². The van der Waals surface area contributed by atoms with Crippen LogP contribution in [-0.4, -0.2) is 55.5 Å². The van der Waals surface area contributed by atoms with Crippen LogP contribution in [0, 0.1) is 0 Å².